The number of nitrogens with one attached hydrogen (secondary N) is 2. The maximum atomic E-state index is 13.7. The zero-order valence-corrected chi connectivity index (χ0v) is 20.0. The largest absolute Gasteiger partial charge is 0.344 e. The molecule has 1 fully saturated rings. The van der Waals surface area contributed by atoms with Crippen molar-refractivity contribution < 1.29 is 14.4 Å². The highest BCUT2D eigenvalue weighted by Crippen LogP contribution is 2.35. The fourth-order valence-electron chi connectivity index (χ4n) is 4.05. The van der Waals surface area contributed by atoms with Crippen molar-refractivity contribution in [3.8, 4) is 11.4 Å². The number of imide groups is 1. The summed E-state index contributed by atoms with van der Waals surface area (Å²) in [5.41, 5.74) is 3.01. The number of carbonyl (C=O) groups is 3. The molecule has 0 bridgehead atoms. The average molecular weight is 500 g/mol. The van der Waals surface area contributed by atoms with Gasteiger partial charge in [0.15, 0.2) is 16.5 Å². The number of nitrogens with zero attached hydrogens (tertiary/aromatic N) is 5. The Hall–Kier alpha value is -4.51. The average Bonchev–Trinajstić information content (AvgIpc) is 3.41. The van der Waals surface area contributed by atoms with E-state index in [1.807, 2.05) is 24.3 Å². The van der Waals surface area contributed by atoms with Gasteiger partial charge in [-0.3, -0.25) is 20.0 Å². The smallest absolute Gasteiger partial charge is 0.314 e. The third-order valence-corrected chi connectivity index (χ3v) is 6.80. The monoisotopic (exact) mass is 499 g/mol. The Balaban J connectivity index is 1.33. The van der Waals surface area contributed by atoms with Crippen LogP contribution < -0.4 is 10.7 Å². The molecule has 1 saturated heterocycles. The molecule has 180 valence electrons. The lowest BCUT2D eigenvalue weighted by molar-refractivity contribution is -0.137. The van der Waals surface area contributed by atoms with Gasteiger partial charge in [0, 0.05) is 25.0 Å². The molecule has 2 N–H and O–H groups in total. The Kier molecular flexibility index (Phi) is 6.21. The highest BCUT2D eigenvalue weighted by atomic mass is 32.2. The Bertz CT molecular complexity index is 1370. The second-order valence-electron chi connectivity index (χ2n) is 7.98. The molecule has 0 atom stereocenters. The maximum absolute atomic E-state index is 13.7. The van der Waals surface area contributed by atoms with E-state index in [-0.39, 0.29) is 5.75 Å². The number of benzene rings is 2. The highest BCUT2D eigenvalue weighted by Gasteiger charge is 2.54. The van der Waals surface area contributed by atoms with Crippen molar-refractivity contribution in [1.29, 1.82) is 0 Å². The van der Waals surface area contributed by atoms with Crippen molar-refractivity contribution in [2.75, 3.05) is 5.75 Å². The second kappa shape index (κ2) is 9.62. The lowest BCUT2D eigenvalue weighted by atomic mass is 9.83. The molecule has 36 heavy (non-hydrogen) atoms. The summed E-state index contributed by atoms with van der Waals surface area (Å²) in [6, 6.07) is 20.8. The van der Waals surface area contributed by atoms with Crippen LogP contribution >= 0.6 is 11.8 Å². The van der Waals surface area contributed by atoms with Gasteiger partial charge in [-0.25, -0.2) is 4.79 Å². The molecule has 4 amide bonds. The van der Waals surface area contributed by atoms with Crippen molar-refractivity contribution in [3.05, 3.63) is 96.3 Å². The summed E-state index contributed by atoms with van der Waals surface area (Å²) in [5, 5.41) is 12.4. The van der Waals surface area contributed by atoms with E-state index in [2.05, 4.69) is 25.9 Å². The fourth-order valence-corrected chi connectivity index (χ4v) is 4.75. The first-order chi connectivity index (χ1) is 17.5. The molecular formula is C25H21N7O3S. The third kappa shape index (κ3) is 4.09. The standard InChI is InChI=1S/C25H21N7O3S/c1-31-21(17-12-14-26-15-13-17)28-29-24(31)36-16-20(33)30-32-22(34)25(27-23(32)35,18-8-4-2-5-9-18)19-10-6-3-7-11-19/h2-15H,16H2,1H3,(H,27,35)(H,30,33). The van der Waals surface area contributed by atoms with Crippen LogP contribution in [0.15, 0.2) is 90.3 Å². The van der Waals surface area contributed by atoms with Crippen LogP contribution in [-0.2, 0) is 22.2 Å². The topological polar surface area (TPSA) is 122 Å². The SMILES string of the molecule is Cn1c(SCC(=O)NN2C(=O)NC(c3ccccc3)(c3ccccc3)C2=O)nnc1-c1ccncc1. The van der Waals surface area contributed by atoms with Crippen LogP contribution in [-0.4, -0.2) is 48.4 Å². The first-order valence-electron chi connectivity index (χ1n) is 11.0. The molecule has 0 radical (unpaired) electrons. The van der Waals surface area contributed by atoms with Gasteiger partial charge < -0.3 is 9.88 Å². The van der Waals surface area contributed by atoms with Gasteiger partial charge in [0.05, 0.1) is 5.75 Å². The molecule has 11 heteroatoms. The lowest BCUT2D eigenvalue weighted by Gasteiger charge is -2.27. The van der Waals surface area contributed by atoms with Gasteiger partial charge in [0.25, 0.3) is 5.91 Å². The van der Waals surface area contributed by atoms with E-state index in [1.165, 1.54) is 0 Å². The van der Waals surface area contributed by atoms with E-state index in [1.54, 1.807) is 72.5 Å². The maximum Gasteiger partial charge on any atom is 0.344 e. The molecule has 10 nitrogen and oxygen atoms in total. The second-order valence-corrected chi connectivity index (χ2v) is 8.92. The minimum Gasteiger partial charge on any atom is -0.314 e. The zero-order chi connectivity index (χ0) is 25.1. The first-order valence-corrected chi connectivity index (χ1v) is 12.0. The molecule has 1 aliphatic rings. The molecule has 1 aliphatic heterocycles. The summed E-state index contributed by atoms with van der Waals surface area (Å²) < 4.78 is 1.76. The number of rotatable bonds is 7. The first kappa shape index (κ1) is 23.2. The Morgan fingerprint density at radius 2 is 1.56 bits per heavy atom. The van der Waals surface area contributed by atoms with E-state index in [0.29, 0.717) is 22.1 Å². The van der Waals surface area contributed by atoms with Crippen molar-refractivity contribution in [2.45, 2.75) is 10.7 Å². The highest BCUT2D eigenvalue weighted by molar-refractivity contribution is 7.99. The fraction of sp³-hybridized carbons (Fsp3) is 0.120. The summed E-state index contributed by atoms with van der Waals surface area (Å²) in [4.78, 5) is 43.3. The summed E-state index contributed by atoms with van der Waals surface area (Å²) in [6.07, 6.45) is 3.32. The van der Waals surface area contributed by atoms with Gasteiger partial charge in [-0.2, -0.15) is 5.01 Å². The van der Waals surface area contributed by atoms with Crippen molar-refractivity contribution in [3.63, 3.8) is 0 Å². The summed E-state index contributed by atoms with van der Waals surface area (Å²) in [6.45, 7) is 0. The number of amides is 4. The predicted molar refractivity (Wildman–Crippen MR) is 132 cm³/mol. The molecule has 5 rings (SSSR count). The third-order valence-electron chi connectivity index (χ3n) is 5.78. The van der Waals surface area contributed by atoms with E-state index in [0.717, 1.165) is 22.3 Å². The Morgan fingerprint density at radius 1 is 0.944 bits per heavy atom. The number of thioether (sulfide) groups is 1. The number of pyridine rings is 1. The van der Waals surface area contributed by atoms with Gasteiger partial charge in [-0.05, 0) is 23.3 Å². The van der Waals surface area contributed by atoms with Crippen LogP contribution in [0.4, 0.5) is 4.79 Å². The molecule has 4 aromatic rings. The van der Waals surface area contributed by atoms with E-state index >= 15 is 0 Å². The van der Waals surface area contributed by atoms with E-state index in [9.17, 15) is 14.4 Å². The number of hydrazine groups is 1. The van der Waals surface area contributed by atoms with Crippen LogP contribution in [0, 0.1) is 0 Å². The molecule has 3 heterocycles. The van der Waals surface area contributed by atoms with Crippen LogP contribution in [0.1, 0.15) is 11.1 Å². The molecular weight excluding hydrogens is 478 g/mol. The van der Waals surface area contributed by atoms with E-state index in [4.69, 9.17) is 0 Å². The van der Waals surface area contributed by atoms with Crippen molar-refractivity contribution in [2.24, 2.45) is 7.05 Å². The van der Waals surface area contributed by atoms with Crippen LogP contribution in [0.3, 0.4) is 0 Å². The summed E-state index contributed by atoms with van der Waals surface area (Å²) >= 11 is 1.14. The van der Waals surface area contributed by atoms with Gasteiger partial charge in [0.1, 0.15) is 0 Å². The van der Waals surface area contributed by atoms with Crippen molar-refractivity contribution >= 4 is 29.6 Å². The van der Waals surface area contributed by atoms with Crippen LogP contribution in [0.5, 0.6) is 0 Å². The Morgan fingerprint density at radius 3 is 2.17 bits per heavy atom. The molecule has 2 aromatic carbocycles. The summed E-state index contributed by atoms with van der Waals surface area (Å²) in [5.74, 6) is -0.580. The van der Waals surface area contributed by atoms with Crippen LogP contribution in [0.25, 0.3) is 11.4 Å². The van der Waals surface area contributed by atoms with Gasteiger partial charge in [-0.1, -0.05) is 72.4 Å². The number of urea groups is 1. The molecule has 0 spiro atoms. The number of hydrogen-bond acceptors (Lipinski definition) is 7. The quantitative estimate of drug-likeness (QED) is 0.296. The molecule has 0 aliphatic carbocycles. The molecule has 0 unspecified atom stereocenters. The minimum atomic E-state index is -1.46. The van der Waals surface area contributed by atoms with Gasteiger partial charge in [0.2, 0.25) is 5.91 Å². The number of aromatic nitrogens is 4. The number of carbonyl (C=O) groups excluding carboxylic acids is 3. The van der Waals surface area contributed by atoms with E-state index < -0.39 is 23.4 Å². The predicted octanol–water partition coefficient (Wildman–Crippen LogP) is 2.50. The van der Waals surface area contributed by atoms with Gasteiger partial charge >= 0.3 is 6.03 Å². The summed E-state index contributed by atoms with van der Waals surface area (Å²) in [7, 11) is 1.79. The molecule has 0 saturated carbocycles. The van der Waals surface area contributed by atoms with Gasteiger partial charge in [-0.15, -0.1) is 10.2 Å². The van der Waals surface area contributed by atoms with Crippen molar-refractivity contribution in [1.82, 2.24) is 35.5 Å². The van der Waals surface area contributed by atoms with Crippen LogP contribution in [0.2, 0.25) is 0 Å². The lowest BCUT2D eigenvalue weighted by Crippen LogP contribution is -2.49. The number of hydrogen-bond donors (Lipinski definition) is 2. The zero-order valence-electron chi connectivity index (χ0n) is 19.2. The Labute approximate surface area is 210 Å². The molecule has 2 aromatic heterocycles. The minimum absolute atomic E-state index is 0.0803. The normalized spacial score (nSPS) is 14.5.